The summed E-state index contributed by atoms with van der Waals surface area (Å²) in [5.41, 5.74) is 0.373. The molecule has 132 valence electrons. The number of anilines is 2. The number of pyridine rings is 1. The van der Waals surface area contributed by atoms with Gasteiger partial charge in [-0.2, -0.15) is 0 Å². The number of para-hydroxylation sites is 1. The Hall–Kier alpha value is -3.19. The maximum atomic E-state index is 12.7. The molecule has 7 heteroatoms. The van der Waals surface area contributed by atoms with Crippen molar-refractivity contribution in [1.29, 1.82) is 0 Å². The van der Waals surface area contributed by atoms with Gasteiger partial charge in [0.05, 0.1) is 19.4 Å². The largest absolute Gasteiger partial charge is 0.422 e. The molecule has 2 N–H and O–H groups in total. The molecule has 3 aromatic rings. The number of nitrogens with zero attached hydrogens (tertiary/aromatic N) is 1. The van der Waals surface area contributed by atoms with Gasteiger partial charge >= 0.3 is 5.63 Å². The maximum absolute atomic E-state index is 12.7. The number of amides is 1. The normalized spacial score (nSPS) is 14.4. The third-order valence-electron chi connectivity index (χ3n) is 4.30. The average molecular weight is 352 g/mol. The fraction of sp³-hybridized carbons (Fsp3) is 0.211. The fourth-order valence-corrected chi connectivity index (χ4v) is 2.99. The van der Waals surface area contributed by atoms with E-state index < -0.39 is 11.5 Å². The molecule has 0 saturated carbocycles. The van der Waals surface area contributed by atoms with Gasteiger partial charge in [0, 0.05) is 5.39 Å². The average Bonchev–Trinajstić information content (AvgIpc) is 2.68. The lowest BCUT2D eigenvalue weighted by Gasteiger charge is -2.22. The van der Waals surface area contributed by atoms with Gasteiger partial charge in [0.1, 0.15) is 29.9 Å². The van der Waals surface area contributed by atoms with E-state index >= 15 is 0 Å². The molecule has 0 atom stereocenters. The van der Waals surface area contributed by atoms with E-state index in [1.54, 1.807) is 42.6 Å². The van der Waals surface area contributed by atoms with Crippen LogP contribution in [0.2, 0.25) is 0 Å². The van der Waals surface area contributed by atoms with Gasteiger partial charge in [0.15, 0.2) is 0 Å². The zero-order chi connectivity index (χ0) is 17.9. The smallest absolute Gasteiger partial charge is 0.349 e. The number of hydrogen-bond acceptors (Lipinski definition) is 5. The van der Waals surface area contributed by atoms with Crippen molar-refractivity contribution in [2.45, 2.75) is 0 Å². The van der Waals surface area contributed by atoms with Crippen LogP contribution in [0.15, 0.2) is 57.9 Å². The second kappa shape index (κ2) is 6.97. The highest BCUT2D eigenvalue weighted by Gasteiger charge is 2.24. The summed E-state index contributed by atoms with van der Waals surface area (Å²) in [7, 11) is 0. The zero-order valence-corrected chi connectivity index (χ0v) is 14.0. The summed E-state index contributed by atoms with van der Waals surface area (Å²) in [6, 6.07) is 12.2. The number of ether oxygens (including phenoxy) is 1. The Morgan fingerprint density at radius 2 is 1.92 bits per heavy atom. The van der Waals surface area contributed by atoms with Gasteiger partial charge in [-0.05, 0) is 24.3 Å². The van der Waals surface area contributed by atoms with Crippen LogP contribution < -0.4 is 20.8 Å². The number of rotatable bonds is 3. The standard InChI is InChI=1S/C19H17N3O4/c23-18(14-12-13-4-1-2-6-16(13)26-19(14)24)21-15-5-3-7-20-17(15)22-8-10-25-11-9-22/h1-7,12H,8-11H2,(H,21,23)/p+1. The van der Waals surface area contributed by atoms with Crippen LogP contribution in [-0.4, -0.2) is 32.2 Å². The fourth-order valence-electron chi connectivity index (χ4n) is 2.99. The summed E-state index contributed by atoms with van der Waals surface area (Å²) in [6.45, 7) is 2.71. The van der Waals surface area contributed by atoms with Crippen molar-refractivity contribution in [1.82, 2.24) is 0 Å². The topological polar surface area (TPSA) is 85.9 Å². The van der Waals surface area contributed by atoms with E-state index in [1.807, 2.05) is 6.07 Å². The van der Waals surface area contributed by atoms with Crippen LogP contribution in [-0.2, 0) is 4.74 Å². The SMILES string of the molecule is O=C(Nc1ccc[nH+]c1N1CCOCC1)c1cc2ccccc2oc1=O. The number of carbonyl (C=O) groups is 1. The van der Waals surface area contributed by atoms with Crippen molar-refractivity contribution in [2.75, 3.05) is 36.5 Å². The van der Waals surface area contributed by atoms with Crippen molar-refractivity contribution < 1.29 is 18.9 Å². The molecule has 0 radical (unpaired) electrons. The van der Waals surface area contributed by atoms with E-state index in [1.165, 1.54) is 0 Å². The van der Waals surface area contributed by atoms with Crippen LogP contribution in [0.25, 0.3) is 11.0 Å². The minimum atomic E-state index is -0.658. The molecule has 1 aliphatic heterocycles. The summed E-state index contributed by atoms with van der Waals surface area (Å²) in [5.74, 6) is 0.285. The number of nitrogens with one attached hydrogen (secondary N) is 2. The molecule has 1 aliphatic rings. The van der Waals surface area contributed by atoms with Crippen molar-refractivity contribution in [3.8, 4) is 0 Å². The predicted octanol–water partition coefficient (Wildman–Crippen LogP) is 1.70. The lowest BCUT2D eigenvalue weighted by atomic mass is 10.1. The third-order valence-corrected chi connectivity index (χ3v) is 4.30. The molecule has 2 aromatic heterocycles. The minimum Gasteiger partial charge on any atom is -0.422 e. The Kier molecular flexibility index (Phi) is 4.37. The van der Waals surface area contributed by atoms with Crippen molar-refractivity contribution in [2.24, 2.45) is 0 Å². The van der Waals surface area contributed by atoms with Crippen molar-refractivity contribution >= 4 is 28.4 Å². The highest BCUT2D eigenvalue weighted by atomic mass is 16.5. The quantitative estimate of drug-likeness (QED) is 0.725. The Labute approximate surface area is 149 Å². The van der Waals surface area contributed by atoms with Crippen LogP contribution >= 0.6 is 0 Å². The van der Waals surface area contributed by atoms with Crippen LogP contribution in [0.1, 0.15) is 10.4 Å². The first-order chi connectivity index (χ1) is 12.7. The molecule has 4 rings (SSSR count). The summed E-state index contributed by atoms with van der Waals surface area (Å²) in [6.07, 6.45) is 1.80. The van der Waals surface area contributed by atoms with E-state index in [-0.39, 0.29) is 5.56 Å². The maximum Gasteiger partial charge on any atom is 0.349 e. The van der Waals surface area contributed by atoms with E-state index in [2.05, 4.69) is 15.2 Å². The van der Waals surface area contributed by atoms with Crippen molar-refractivity contribution in [3.05, 3.63) is 64.6 Å². The van der Waals surface area contributed by atoms with Gasteiger partial charge in [-0.3, -0.25) is 9.69 Å². The second-order valence-corrected chi connectivity index (χ2v) is 5.97. The van der Waals surface area contributed by atoms with Gasteiger partial charge in [0.25, 0.3) is 11.7 Å². The molecule has 0 spiro atoms. The molecule has 1 fully saturated rings. The highest BCUT2D eigenvalue weighted by molar-refractivity contribution is 6.06. The van der Waals surface area contributed by atoms with Crippen molar-refractivity contribution in [3.63, 3.8) is 0 Å². The number of fused-ring (bicyclic) bond motifs is 1. The lowest BCUT2D eigenvalue weighted by molar-refractivity contribution is -0.363. The van der Waals surface area contributed by atoms with E-state index in [4.69, 9.17) is 9.15 Å². The highest BCUT2D eigenvalue weighted by Crippen LogP contribution is 2.21. The summed E-state index contributed by atoms with van der Waals surface area (Å²) >= 11 is 0. The molecule has 0 bridgehead atoms. The first kappa shape index (κ1) is 16.3. The van der Waals surface area contributed by atoms with Gasteiger partial charge < -0.3 is 14.5 Å². The number of H-pyrrole nitrogens is 1. The Morgan fingerprint density at radius 3 is 2.77 bits per heavy atom. The van der Waals surface area contributed by atoms with Gasteiger partial charge in [-0.1, -0.05) is 18.2 Å². The van der Waals surface area contributed by atoms with E-state index in [0.717, 1.165) is 18.9 Å². The van der Waals surface area contributed by atoms with Crippen LogP contribution in [0.3, 0.4) is 0 Å². The molecule has 3 heterocycles. The summed E-state index contributed by atoms with van der Waals surface area (Å²) in [5, 5.41) is 3.52. The zero-order valence-electron chi connectivity index (χ0n) is 14.0. The molecule has 1 saturated heterocycles. The Bertz CT molecular complexity index is 1010. The van der Waals surface area contributed by atoms with Gasteiger partial charge in [0.2, 0.25) is 0 Å². The Morgan fingerprint density at radius 1 is 1.12 bits per heavy atom. The third kappa shape index (κ3) is 3.16. The lowest BCUT2D eigenvalue weighted by Crippen LogP contribution is -2.40. The summed E-state index contributed by atoms with van der Waals surface area (Å²) in [4.78, 5) is 30.1. The van der Waals surface area contributed by atoms with Gasteiger partial charge in [-0.15, -0.1) is 0 Å². The monoisotopic (exact) mass is 352 g/mol. The number of aromatic nitrogens is 1. The predicted molar refractivity (Wildman–Crippen MR) is 96.5 cm³/mol. The van der Waals surface area contributed by atoms with E-state index in [9.17, 15) is 9.59 Å². The van der Waals surface area contributed by atoms with Crippen LogP contribution in [0, 0.1) is 0 Å². The molecule has 26 heavy (non-hydrogen) atoms. The first-order valence-corrected chi connectivity index (χ1v) is 8.40. The molecule has 1 amide bonds. The molecular formula is C19H18N3O4+. The second-order valence-electron chi connectivity index (χ2n) is 5.97. The molecular weight excluding hydrogens is 334 g/mol. The minimum absolute atomic E-state index is 0.0273. The van der Waals surface area contributed by atoms with Crippen LogP contribution in [0.5, 0.6) is 0 Å². The first-order valence-electron chi connectivity index (χ1n) is 8.40. The number of benzene rings is 1. The van der Waals surface area contributed by atoms with Gasteiger partial charge in [-0.25, -0.2) is 9.78 Å². The summed E-state index contributed by atoms with van der Waals surface area (Å²) < 4.78 is 10.6. The van der Waals surface area contributed by atoms with Crippen LogP contribution in [0.4, 0.5) is 11.5 Å². The molecule has 7 nitrogen and oxygen atoms in total. The molecule has 1 aromatic carbocycles. The Balaban J connectivity index is 1.65. The van der Waals surface area contributed by atoms with E-state index in [0.29, 0.717) is 29.9 Å². The molecule has 0 unspecified atom stereocenters. The molecule has 0 aliphatic carbocycles. The number of morpholine rings is 1. The number of carbonyl (C=O) groups excluding carboxylic acids is 1. The number of aromatic amines is 1. The number of hydrogen-bond donors (Lipinski definition) is 1.